The molecule has 3 aromatic rings. The van der Waals surface area contributed by atoms with Crippen molar-refractivity contribution in [1.29, 1.82) is 0 Å². The molecule has 1 aromatic heterocycles. The summed E-state index contributed by atoms with van der Waals surface area (Å²) in [5.74, 6) is 0. The van der Waals surface area contributed by atoms with E-state index in [1.807, 2.05) is 81.1 Å². The van der Waals surface area contributed by atoms with Gasteiger partial charge in [-0.3, -0.25) is 9.69 Å². The van der Waals surface area contributed by atoms with Crippen molar-refractivity contribution in [3.05, 3.63) is 94.6 Å². The number of hydrogen-bond donors (Lipinski definition) is 1. The number of aliphatic imine (C=N–C) groups is 1. The number of urea groups is 1. The molecule has 0 radical (unpaired) electrons. The maximum absolute atomic E-state index is 13.0. The van der Waals surface area contributed by atoms with Crippen LogP contribution in [0.4, 0.5) is 16.2 Å². The summed E-state index contributed by atoms with van der Waals surface area (Å²) in [6, 6.07) is 16.6. The van der Waals surface area contributed by atoms with Gasteiger partial charge in [0.25, 0.3) is 0 Å². The molecule has 0 saturated carbocycles. The second kappa shape index (κ2) is 9.58. The molecule has 1 saturated heterocycles. The van der Waals surface area contributed by atoms with Crippen LogP contribution in [-0.4, -0.2) is 45.1 Å². The van der Waals surface area contributed by atoms with Gasteiger partial charge in [0.05, 0.1) is 17.1 Å². The lowest BCUT2D eigenvalue weighted by Crippen LogP contribution is -2.44. The number of allylic oxidation sites excluding steroid dienone is 1. The zero-order chi connectivity index (χ0) is 25.2. The Kier molecular flexibility index (Phi) is 6.55. The Morgan fingerprint density at radius 3 is 2.43 bits per heavy atom. The molecule has 2 N–H and O–H groups in total. The first-order chi connectivity index (χ1) is 16.7. The van der Waals surface area contributed by atoms with Crippen molar-refractivity contribution in [2.45, 2.75) is 33.2 Å². The smallest absolute Gasteiger partial charge is 0.325 e. The first kappa shape index (κ1) is 23.9. The van der Waals surface area contributed by atoms with E-state index in [2.05, 4.69) is 10.1 Å². The van der Waals surface area contributed by atoms with Gasteiger partial charge in [-0.05, 0) is 75.9 Å². The highest BCUT2D eigenvalue weighted by atomic mass is 16.2. The van der Waals surface area contributed by atoms with Gasteiger partial charge in [0.15, 0.2) is 5.69 Å². The molecule has 0 atom stereocenters. The van der Waals surface area contributed by atoms with E-state index < -0.39 is 0 Å². The van der Waals surface area contributed by atoms with Crippen LogP contribution in [0, 0.1) is 6.92 Å². The minimum absolute atomic E-state index is 0.00348. The Morgan fingerprint density at radius 2 is 1.80 bits per heavy atom. The van der Waals surface area contributed by atoms with E-state index in [4.69, 9.17) is 5.73 Å². The average molecular weight is 471 g/mol. The maximum atomic E-state index is 13.0. The van der Waals surface area contributed by atoms with Crippen LogP contribution in [0.1, 0.15) is 32.0 Å². The first-order valence-corrected chi connectivity index (χ1v) is 11.5. The Balaban J connectivity index is 1.69. The topological polar surface area (TPSA) is 96.8 Å². The van der Waals surface area contributed by atoms with Crippen LogP contribution in [0.3, 0.4) is 0 Å². The summed E-state index contributed by atoms with van der Waals surface area (Å²) in [6.07, 6.45) is 4.54. The highest BCUT2D eigenvalue weighted by Crippen LogP contribution is 2.28. The van der Waals surface area contributed by atoms with Crippen LogP contribution in [0.15, 0.2) is 82.9 Å². The molecule has 180 valence electrons. The minimum atomic E-state index is -0.256. The number of aryl methyl sites for hydroxylation is 1. The molecule has 0 spiro atoms. The fourth-order valence-electron chi connectivity index (χ4n) is 4.08. The summed E-state index contributed by atoms with van der Waals surface area (Å²) in [6.45, 7) is 9.40. The summed E-state index contributed by atoms with van der Waals surface area (Å²) < 4.78 is 1.65. The molecule has 0 unspecified atom stereocenters. The number of para-hydroxylation sites is 1. The number of aromatic nitrogens is 2. The lowest BCUT2D eigenvalue weighted by molar-refractivity contribution is 0.173. The highest BCUT2D eigenvalue weighted by Gasteiger charge is 2.36. The third kappa shape index (κ3) is 5.01. The highest BCUT2D eigenvalue weighted by molar-refractivity contribution is 6.08. The van der Waals surface area contributed by atoms with Crippen LogP contribution in [0.25, 0.3) is 5.69 Å². The fraction of sp³-hybridized carbons (Fsp3) is 0.259. The third-order valence-electron chi connectivity index (χ3n) is 5.87. The van der Waals surface area contributed by atoms with Crippen LogP contribution in [0.2, 0.25) is 0 Å². The van der Waals surface area contributed by atoms with Crippen molar-refractivity contribution >= 4 is 23.1 Å². The molecular formula is C27H30N6O2. The van der Waals surface area contributed by atoms with E-state index in [0.717, 1.165) is 16.9 Å². The first-order valence-electron chi connectivity index (χ1n) is 11.5. The van der Waals surface area contributed by atoms with E-state index in [1.54, 1.807) is 21.9 Å². The van der Waals surface area contributed by atoms with Gasteiger partial charge < -0.3 is 10.6 Å². The number of anilines is 1. The van der Waals surface area contributed by atoms with Crippen molar-refractivity contribution in [2.24, 2.45) is 10.7 Å². The number of hydrogen-bond acceptors (Lipinski definition) is 5. The fourth-order valence-corrected chi connectivity index (χ4v) is 4.08. The average Bonchev–Trinajstić information content (AvgIpc) is 3.22. The summed E-state index contributed by atoms with van der Waals surface area (Å²) >= 11 is 0. The predicted molar refractivity (Wildman–Crippen MR) is 140 cm³/mol. The molecule has 35 heavy (non-hydrogen) atoms. The monoisotopic (exact) mass is 470 g/mol. The Hall–Kier alpha value is -4.20. The Bertz CT molecular complexity index is 1350. The summed E-state index contributed by atoms with van der Waals surface area (Å²) in [4.78, 5) is 33.9. The van der Waals surface area contributed by atoms with E-state index in [-0.39, 0.29) is 22.7 Å². The molecule has 2 amide bonds. The lowest BCUT2D eigenvalue weighted by Gasteiger charge is -2.31. The molecule has 1 aliphatic heterocycles. The number of carbonyl (C=O) groups is 1. The van der Waals surface area contributed by atoms with Crippen molar-refractivity contribution in [2.75, 3.05) is 18.0 Å². The van der Waals surface area contributed by atoms with E-state index in [1.165, 1.54) is 12.3 Å². The molecular weight excluding hydrogens is 440 g/mol. The van der Waals surface area contributed by atoms with Gasteiger partial charge in [-0.25, -0.2) is 14.5 Å². The number of nitrogens with zero attached hydrogens (tertiary/aromatic N) is 5. The third-order valence-corrected chi connectivity index (χ3v) is 5.87. The zero-order valence-corrected chi connectivity index (χ0v) is 20.5. The van der Waals surface area contributed by atoms with Crippen LogP contribution in [0.5, 0.6) is 0 Å². The van der Waals surface area contributed by atoms with Crippen LogP contribution >= 0.6 is 0 Å². The molecule has 0 bridgehead atoms. The van der Waals surface area contributed by atoms with E-state index in [0.29, 0.717) is 24.5 Å². The molecule has 2 heterocycles. The second-order valence-electron chi connectivity index (χ2n) is 9.39. The normalized spacial score (nSPS) is 14.9. The SMILES string of the molecule is Cc1cc(N2CCN(C(C)(C)C)C2=O)ccc1-n1ccc(=O)c(C(C=CN)=Nc2ccccc2)n1. The summed E-state index contributed by atoms with van der Waals surface area (Å²) in [7, 11) is 0. The van der Waals surface area contributed by atoms with E-state index >= 15 is 0 Å². The molecule has 8 heteroatoms. The van der Waals surface area contributed by atoms with Crippen molar-refractivity contribution in [1.82, 2.24) is 14.7 Å². The standard InChI is InChI=1S/C27H30N6O2/c1-19-18-21(31-16-17-32(26(31)35)27(2,3)4)10-11-23(19)33-15-13-24(34)25(30-33)22(12-14-28)29-20-8-6-5-7-9-20/h5-15,18H,16-17,28H2,1-4H3. The second-order valence-corrected chi connectivity index (χ2v) is 9.39. The summed E-state index contributed by atoms with van der Waals surface area (Å²) in [5, 5.41) is 4.58. The van der Waals surface area contributed by atoms with Gasteiger partial charge in [-0.2, -0.15) is 5.10 Å². The largest absolute Gasteiger partial charge is 0.405 e. The lowest BCUT2D eigenvalue weighted by atomic mass is 10.1. The Morgan fingerprint density at radius 1 is 1.06 bits per heavy atom. The van der Waals surface area contributed by atoms with Gasteiger partial charge in [0.2, 0.25) is 5.43 Å². The van der Waals surface area contributed by atoms with Crippen molar-refractivity contribution in [3.8, 4) is 5.69 Å². The molecule has 1 aliphatic rings. The van der Waals surface area contributed by atoms with Crippen LogP contribution < -0.4 is 16.1 Å². The van der Waals surface area contributed by atoms with E-state index in [9.17, 15) is 9.59 Å². The Labute approximate surface area is 205 Å². The van der Waals surface area contributed by atoms with Crippen molar-refractivity contribution in [3.63, 3.8) is 0 Å². The number of amides is 2. The van der Waals surface area contributed by atoms with Crippen molar-refractivity contribution < 1.29 is 4.79 Å². The molecule has 1 fully saturated rings. The molecule has 2 aromatic carbocycles. The maximum Gasteiger partial charge on any atom is 0.325 e. The summed E-state index contributed by atoms with van der Waals surface area (Å²) in [5.41, 5.74) is 8.96. The molecule has 4 rings (SSSR count). The predicted octanol–water partition coefficient (Wildman–Crippen LogP) is 4.17. The number of carbonyl (C=O) groups excluding carboxylic acids is 1. The van der Waals surface area contributed by atoms with Gasteiger partial charge >= 0.3 is 6.03 Å². The van der Waals surface area contributed by atoms with Gasteiger partial charge in [-0.15, -0.1) is 0 Å². The number of benzene rings is 2. The van der Waals surface area contributed by atoms with Gasteiger partial charge in [0.1, 0.15) is 0 Å². The van der Waals surface area contributed by atoms with Gasteiger partial charge in [-0.1, -0.05) is 18.2 Å². The number of rotatable bonds is 5. The minimum Gasteiger partial charge on any atom is -0.405 e. The molecule has 0 aliphatic carbocycles. The zero-order valence-electron chi connectivity index (χ0n) is 20.5. The van der Waals surface area contributed by atoms with Crippen LogP contribution in [-0.2, 0) is 0 Å². The van der Waals surface area contributed by atoms with Gasteiger partial charge in [0, 0.05) is 36.6 Å². The molecule has 8 nitrogen and oxygen atoms in total. The number of nitrogens with two attached hydrogens (primary N) is 1. The quantitative estimate of drug-likeness (QED) is 0.566.